The van der Waals surface area contributed by atoms with Gasteiger partial charge in [-0.15, -0.1) is 12.4 Å². The molecule has 4 aliphatic rings. The predicted octanol–water partition coefficient (Wildman–Crippen LogP) is 9.65. The summed E-state index contributed by atoms with van der Waals surface area (Å²) in [5.74, 6) is -0.510. The van der Waals surface area contributed by atoms with E-state index in [1.54, 1.807) is 32.6 Å². The van der Waals surface area contributed by atoms with Crippen LogP contribution in [0.4, 0.5) is 31.1 Å². The number of nitrogens with zero attached hydrogens (tertiary/aromatic N) is 4. The maximum absolute atomic E-state index is 13.5. The van der Waals surface area contributed by atoms with Gasteiger partial charge in [0, 0.05) is 50.3 Å². The van der Waals surface area contributed by atoms with Crippen LogP contribution in [0.2, 0.25) is 0 Å². The fourth-order valence-corrected chi connectivity index (χ4v) is 13.1. The normalized spacial score (nSPS) is 19.5. The molecule has 0 spiro atoms. The summed E-state index contributed by atoms with van der Waals surface area (Å²) in [5.41, 5.74) is -2.54. The van der Waals surface area contributed by atoms with Gasteiger partial charge in [0.15, 0.2) is 0 Å². The zero-order valence-electron chi connectivity index (χ0n) is 44.5. The summed E-state index contributed by atoms with van der Waals surface area (Å²) in [6, 6.07) is 5.85. The number of aliphatic carboxylic acids is 1. The number of carbonyl (C=O) groups excluding carboxylic acids is 2. The van der Waals surface area contributed by atoms with E-state index in [1.165, 1.54) is 25.6 Å². The van der Waals surface area contributed by atoms with Crippen molar-refractivity contribution in [1.29, 1.82) is 0 Å². The molecule has 6 rings (SSSR count). The van der Waals surface area contributed by atoms with Gasteiger partial charge in [-0.2, -0.15) is 35.0 Å². The molecule has 24 heteroatoms. The lowest BCUT2D eigenvalue weighted by Gasteiger charge is -2.40. The lowest BCUT2D eigenvalue weighted by atomic mass is 10.00. The van der Waals surface area contributed by atoms with E-state index in [4.69, 9.17) is 4.74 Å². The molecule has 2 aromatic rings. The minimum atomic E-state index is -4.62. The topological polar surface area (TPSA) is 186 Å². The highest BCUT2D eigenvalue weighted by Crippen LogP contribution is 2.39. The van der Waals surface area contributed by atoms with Gasteiger partial charge in [0.1, 0.15) is 11.6 Å². The number of likely N-dealkylation sites (N-methyl/N-ethyl adjacent to an activating group) is 2. The van der Waals surface area contributed by atoms with Gasteiger partial charge in [0.05, 0.1) is 27.0 Å². The number of likely N-dealkylation sites (tertiary alicyclic amines) is 1. The Morgan fingerprint density at radius 3 is 1.61 bits per heavy atom. The molecular formula is C51H79ClF6N6O9S2. The van der Waals surface area contributed by atoms with Crippen LogP contribution < -0.4 is 10.6 Å². The second-order valence-corrected chi connectivity index (χ2v) is 24.9. The zero-order valence-corrected chi connectivity index (χ0v) is 47.0. The molecule has 2 unspecified atom stereocenters. The standard InChI is InChI=1S/C23H34F3N3O3S.C15H19F3N2O2S.C13H25NO4.ClH/c1-4-27-21(13-16(2)3)22(30)28-12-6-8-19(15-28)29(18-10-11-18)33(31,32)20-9-5-7-17(14-20)23(24,25)26;16-15(17,18)11-3-1-5-14(9-11)23(21,22)20(12-6-7-12)13-4-2-8-19-10-13;1-7-14(12(17)18-13(4,5)6)10(11(15)16)8-9(2)3;/h5,7,9,14,16,18-19,21,27H,4,6,8,10-13,15H2,1-3H3;1,3,5,9,12-13,19H,2,4,6-8,10H2;9-10H,7-8H2,1-6H3,(H,15,16);1H/t19?,21-;;10-;/m0.0./s1. The molecule has 2 aliphatic heterocycles. The molecule has 75 heavy (non-hydrogen) atoms. The molecule has 2 saturated carbocycles. The molecule has 2 amide bonds. The minimum Gasteiger partial charge on any atom is -0.480 e. The fraction of sp³-hybridized carbons (Fsp3) is 0.706. The molecule has 2 heterocycles. The highest BCUT2D eigenvalue weighted by atomic mass is 35.5. The minimum absolute atomic E-state index is 0. The van der Waals surface area contributed by atoms with Crippen LogP contribution in [0.5, 0.6) is 0 Å². The van der Waals surface area contributed by atoms with Gasteiger partial charge in [-0.25, -0.2) is 26.4 Å². The molecule has 2 aliphatic carbocycles. The van der Waals surface area contributed by atoms with Crippen LogP contribution in [0.1, 0.15) is 138 Å². The molecule has 3 N–H and O–H groups in total. The van der Waals surface area contributed by atoms with Crippen molar-refractivity contribution in [2.75, 3.05) is 39.3 Å². The fourth-order valence-electron chi connectivity index (χ4n) is 9.18. The highest BCUT2D eigenvalue weighted by molar-refractivity contribution is 7.89. The first kappa shape index (κ1) is 65.5. The highest BCUT2D eigenvalue weighted by Gasteiger charge is 2.46. The molecule has 2 saturated heterocycles. The van der Waals surface area contributed by atoms with Crippen molar-refractivity contribution >= 4 is 50.4 Å². The third-order valence-corrected chi connectivity index (χ3v) is 16.8. The lowest BCUT2D eigenvalue weighted by molar-refractivity contribution is -0.144. The third-order valence-electron chi connectivity index (χ3n) is 12.8. The first-order valence-corrected chi connectivity index (χ1v) is 28.6. The van der Waals surface area contributed by atoms with E-state index in [0.29, 0.717) is 76.7 Å². The van der Waals surface area contributed by atoms with Crippen LogP contribution in [-0.4, -0.2) is 139 Å². The van der Waals surface area contributed by atoms with E-state index >= 15 is 0 Å². The van der Waals surface area contributed by atoms with Crippen molar-refractivity contribution in [2.24, 2.45) is 11.8 Å². The van der Waals surface area contributed by atoms with Crippen molar-refractivity contribution in [3.63, 3.8) is 0 Å². The number of alkyl halides is 6. The van der Waals surface area contributed by atoms with Crippen molar-refractivity contribution in [3.8, 4) is 0 Å². The second-order valence-electron chi connectivity index (χ2n) is 21.3. The molecule has 4 fully saturated rings. The molecule has 0 radical (unpaired) electrons. The van der Waals surface area contributed by atoms with Crippen molar-refractivity contribution < 1.29 is 67.4 Å². The van der Waals surface area contributed by atoms with E-state index in [1.807, 2.05) is 34.6 Å². The Kier molecular flexibility index (Phi) is 24.2. The van der Waals surface area contributed by atoms with Crippen LogP contribution >= 0.6 is 12.4 Å². The van der Waals surface area contributed by atoms with Gasteiger partial charge in [0.25, 0.3) is 0 Å². The number of ether oxygens (including phenoxy) is 1. The van der Waals surface area contributed by atoms with E-state index in [-0.39, 0.29) is 64.7 Å². The number of nitrogens with one attached hydrogen (secondary N) is 2. The van der Waals surface area contributed by atoms with Crippen molar-refractivity contribution in [1.82, 2.24) is 29.0 Å². The molecule has 0 bridgehead atoms. The first-order valence-electron chi connectivity index (χ1n) is 25.7. The van der Waals surface area contributed by atoms with Crippen molar-refractivity contribution in [3.05, 3.63) is 59.7 Å². The summed E-state index contributed by atoms with van der Waals surface area (Å²) < 4.78 is 139. The Hall–Kier alpha value is -3.74. The lowest BCUT2D eigenvalue weighted by Crippen LogP contribution is -2.56. The number of carbonyl (C=O) groups is 3. The maximum Gasteiger partial charge on any atom is 0.416 e. The molecular weight excluding hydrogens is 1050 g/mol. The van der Waals surface area contributed by atoms with E-state index in [9.17, 15) is 62.7 Å². The van der Waals surface area contributed by atoms with Crippen LogP contribution in [0, 0.1) is 11.8 Å². The molecule has 15 nitrogen and oxygen atoms in total. The molecule has 428 valence electrons. The van der Waals surface area contributed by atoms with Gasteiger partial charge in [0.2, 0.25) is 26.0 Å². The number of amides is 2. The maximum atomic E-state index is 13.5. The van der Waals surface area contributed by atoms with Crippen molar-refractivity contribution in [2.45, 2.75) is 191 Å². The van der Waals surface area contributed by atoms with Gasteiger partial charge >= 0.3 is 24.4 Å². The van der Waals surface area contributed by atoms with Gasteiger partial charge in [-0.05, 0) is 153 Å². The number of sulfonamides is 2. The summed E-state index contributed by atoms with van der Waals surface area (Å²) in [6.45, 7) is 20.1. The Balaban J connectivity index is 0.000000310. The number of halogens is 7. The number of hydrogen-bond donors (Lipinski definition) is 3. The number of hydrogen-bond acceptors (Lipinski definition) is 10. The summed E-state index contributed by atoms with van der Waals surface area (Å²) in [7, 11) is -8.07. The Bertz CT molecular complexity index is 2400. The molecule has 2 aromatic carbocycles. The number of benzene rings is 2. The van der Waals surface area contributed by atoms with E-state index in [2.05, 4.69) is 10.6 Å². The van der Waals surface area contributed by atoms with Gasteiger partial charge in [-0.1, -0.05) is 46.8 Å². The smallest absolute Gasteiger partial charge is 0.416 e. The molecule has 4 atom stereocenters. The predicted molar refractivity (Wildman–Crippen MR) is 276 cm³/mol. The summed E-state index contributed by atoms with van der Waals surface area (Å²) >= 11 is 0. The Labute approximate surface area is 446 Å². The van der Waals surface area contributed by atoms with Gasteiger partial charge in [-0.3, -0.25) is 9.69 Å². The largest absolute Gasteiger partial charge is 0.480 e. The summed E-state index contributed by atoms with van der Waals surface area (Å²) in [4.78, 5) is 38.8. The number of carboxylic acids is 1. The van der Waals surface area contributed by atoms with Crippen LogP contribution in [0.3, 0.4) is 0 Å². The Morgan fingerprint density at radius 2 is 1.23 bits per heavy atom. The zero-order chi connectivity index (χ0) is 55.6. The van der Waals surface area contributed by atoms with E-state index < -0.39 is 73.3 Å². The Morgan fingerprint density at radius 1 is 0.747 bits per heavy atom. The van der Waals surface area contributed by atoms with Crippen LogP contribution in [-0.2, 0) is 46.7 Å². The number of rotatable bonds is 18. The summed E-state index contributed by atoms with van der Waals surface area (Å²) in [6.07, 6.45) is -2.91. The third kappa shape index (κ3) is 19.3. The van der Waals surface area contributed by atoms with Crippen LogP contribution in [0.25, 0.3) is 0 Å². The van der Waals surface area contributed by atoms with E-state index in [0.717, 1.165) is 62.6 Å². The molecule has 0 aromatic heterocycles. The quantitative estimate of drug-likeness (QED) is 0.121. The SMILES string of the molecule is CCN(C(=O)OC(C)(C)C)[C@@H](CC(C)C)C(=O)O.CCN[C@@H](CC(C)C)C(=O)N1CCCC(N(C2CC2)S(=O)(=O)c2cccc(C(F)(F)F)c2)C1.Cl.O=S(=O)(c1cccc(C(F)(F)F)c1)N(C1CC1)C1CCCNC1. The average molecular weight is 1130 g/mol. The first-order chi connectivity index (χ1) is 34.3. The monoisotopic (exact) mass is 1130 g/mol. The average Bonchev–Trinajstić information content (AvgIpc) is 4.26. The second kappa shape index (κ2) is 27.7. The summed E-state index contributed by atoms with van der Waals surface area (Å²) in [5, 5.41) is 15.6. The van der Waals surface area contributed by atoms with Crippen LogP contribution in [0.15, 0.2) is 58.3 Å². The number of carboxylic acid groups (broad SMARTS) is 1. The number of piperidine rings is 2. The van der Waals surface area contributed by atoms with Gasteiger partial charge < -0.3 is 25.4 Å².